The number of carbonyl (C=O) groups excluding carboxylic acids is 1. The number of carbonyl (C=O) groups is 1. The summed E-state index contributed by atoms with van der Waals surface area (Å²) in [5.41, 5.74) is 0.467. The van der Waals surface area contributed by atoms with Crippen molar-refractivity contribution in [2.75, 3.05) is 23.7 Å². The van der Waals surface area contributed by atoms with E-state index in [1.54, 1.807) is 18.3 Å². The van der Waals surface area contributed by atoms with E-state index in [2.05, 4.69) is 4.98 Å². The Hall–Kier alpha value is -1.43. The molecule has 2 heterocycles. The first kappa shape index (κ1) is 15.9. The molecular weight excluding hydrogens is 288 g/mol. The molecule has 0 unspecified atom stereocenters. The Balaban J connectivity index is 2.28. The molecule has 5 nitrogen and oxygen atoms in total. The minimum atomic E-state index is -0.857. The molecule has 0 N–H and O–H groups in total. The van der Waals surface area contributed by atoms with Crippen LogP contribution in [0.25, 0.3) is 0 Å². The highest BCUT2D eigenvalue weighted by molar-refractivity contribution is 7.86. The molecule has 0 radical (unpaired) electrons. The summed E-state index contributed by atoms with van der Waals surface area (Å²) in [6.45, 7) is 8.84. The predicted octanol–water partition coefficient (Wildman–Crippen LogP) is 1.99. The smallest absolute Gasteiger partial charge is 0.342 e. The maximum atomic E-state index is 12.2. The van der Waals surface area contributed by atoms with Crippen LogP contribution in [0.3, 0.4) is 0 Å². The second kappa shape index (κ2) is 6.13. The molecule has 1 aromatic heterocycles. The molecule has 0 amide bonds. The lowest BCUT2D eigenvalue weighted by Crippen LogP contribution is -2.50. The molecule has 0 saturated carbocycles. The number of esters is 1. The van der Waals surface area contributed by atoms with Crippen LogP contribution in [0.1, 0.15) is 38.1 Å². The maximum absolute atomic E-state index is 12.2. The van der Waals surface area contributed by atoms with Crippen molar-refractivity contribution >= 4 is 22.6 Å². The van der Waals surface area contributed by atoms with Gasteiger partial charge in [0.05, 0.1) is 10.9 Å². The van der Waals surface area contributed by atoms with E-state index in [9.17, 15) is 9.00 Å². The zero-order valence-electron chi connectivity index (χ0n) is 13.0. The van der Waals surface area contributed by atoms with Crippen molar-refractivity contribution in [3.63, 3.8) is 0 Å². The summed E-state index contributed by atoms with van der Waals surface area (Å²) >= 11 is 0. The molecule has 0 aliphatic carbocycles. The molecule has 0 bridgehead atoms. The Labute approximate surface area is 128 Å². The lowest BCUT2D eigenvalue weighted by atomic mass is 10.1. The Morgan fingerprint density at radius 1 is 1.48 bits per heavy atom. The van der Waals surface area contributed by atoms with Gasteiger partial charge in [0.2, 0.25) is 0 Å². The van der Waals surface area contributed by atoms with Crippen molar-refractivity contribution < 1.29 is 13.7 Å². The maximum Gasteiger partial charge on any atom is 0.342 e. The van der Waals surface area contributed by atoms with E-state index in [1.807, 2.05) is 32.6 Å². The second-order valence-electron chi connectivity index (χ2n) is 6.06. The van der Waals surface area contributed by atoms with E-state index in [4.69, 9.17) is 4.74 Å². The van der Waals surface area contributed by atoms with Crippen molar-refractivity contribution in [3.05, 3.63) is 23.9 Å². The van der Waals surface area contributed by atoms with E-state index < -0.39 is 10.8 Å². The highest BCUT2D eigenvalue weighted by Crippen LogP contribution is 2.26. The second-order valence-corrected chi connectivity index (χ2v) is 8.26. The molecule has 116 valence electrons. The number of hydrogen-bond donors (Lipinski definition) is 0. The topological polar surface area (TPSA) is 59.5 Å². The zero-order chi connectivity index (χ0) is 15.6. The molecule has 1 saturated heterocycles. The van der Waals surface area contributed by atoms with Crippen LogP contribution in [-0.4, -0.2) is 44.9 Å². The van der Waals surface area contributed by atoms with Gasteiger partial charge >= 0.3 is 5.97 Å². The molecule has 1 aliphatic rings. The third-order valence-corrected chi connectivity index (χ3v) is 5.30. The van der Waals surface area contributed by atoms with Crippen molar-refractivity contribution in [1.29, 1.82) is 0 Å². The van der Waals surface area contributed by atoms with Crippen molar-refractivity contribution in [3.8, 4) is 0 Å². The molecule has 1 atom stereocenters. The largest absolute Gasteiger partial charge is 0.459 e. The lowest BCUT2D eigenvalue weighted by molar-refractivity contribution is 0.0378. The van der Waals surface area contributed by atoms with Crippen LogP contribution in [0.4, 0.5) is 5.82 Å². The van der Waals surface area contributed by atoms with E-state index in [0.717, 1.165) is 0 Å². The fraction of sp³-hybridized carbons (Fsp3) is 0.600. The fourth-order valence-electron chi connectivity index (χ4n) is 2.35. The van der Waals surface area contributed by atoms with Gasteiger partial charge in [-0.3, -0.25) is 4.21 Å². The number of ether oxygens (including phenoxy) is 1. The van der Waals surface area contributed by atoms with Gasteiger partial charge < -0.3 is 9.64 Å². The summed E-state index contributed by atoms with van der Waals surface area (Å²) in [4.78, 5) is 18.6. The SMILES string of the molecule is CC(C)OC(=O)c1cccnc1N1CC[S@@](=O)C(C)(C)C1. The summed E-state index contributed by atoms with van der Waals surface area (Å²) < 4.78 is 17.0. The Morgan fingerprint density at radius 3 is 2.81 bits per heavy atom. The Morgan fingerprint density at radius 2 is 2.19 bits per heavy atom. The standard InChI is InChI=1S/C15H22N2O3S/c1-11(2)20-14(18)12-6-5-7-16-13(12)17-8-9-21(19)15(3,4)10-17/h5-7,11H,8-10H2,1-4H3/t21-/m1/s1. The lowest BCUT2D eigenvalue weighted by Gasteiger charge is -2.38. The summed E-state index contributed by atoms with van der Waals surface area (Å²) in [7, 11) is -0.857. The molecule has 2 rings (SSSR count). The average molecular weight is 310 g/mol. The molecule has 21 heavy (non-hydrogen) atoms. The Kier molecular flexibility index (Phi) is 4.66. The van der Waals surface area contributed by atoms with E-state index in [0.29, 0.717) is 30.2 Å². The van der Waals surface area contributed by atoms with Crippen LogP contribution in [0.5, 0.6) is 0 Å². The molecule has 1 aliphatic heterocycles. The van der Waals surface area contributed by atoms with Crippen LogP contribution >= 0.6 is 0 Å². The molecule has 1 aromatic rings. The minimum Gasteiger partial charge on any atom is -0.459 e. The van der Waals surface area contributed by atoms with Crippen molar-refractivity contribution in [2.24, 2.45) is 0 Å². The quantitative estimate of drug-likeness (QED) is 0.799. The van der Waals surface area contributed by atoms with Crippen LogP contribution in [0.2, 0.25) is 0 Å². The van der Waals surface area contributed by atoms with E-state index in [1.165, 1.54) is 0 Å². The third-order valence-electron chi connectivity index (χ3n) is 3.38. The summed E-state index contributed by atoms with van der Waals surface area (Å²) in [6, 6.07) is 3.46. The van der Waals surface area contributed by atoms with Gasteiger partial charge in [-0.25, -0.2) is 9.78 Å². The summed E-state index contributed by atoms with van der Waals surface area (Å²) in [6.07, 6.45) is 1.50. The minimum absolute atomic E-state index is 0.171. The molecule has 1 fully saturated rings. The van der Waals surface area contributed by atoms with Crippen LogP contribution in [0.15, 0.2) is 18.3 Å². The van der Waals surface area contributed by atoms with Crippen molar-refractivity contribution in [2.45, 2.75) is 38.5 Å². The van der Waals surface area contributed by atoms with Gasteiger partial charge in [-0.1, -0.05) is 0 Å². The first-order valence-electron chi connectivity index (χ1n) is 7.10. The zero-order valence-corrected chi connectivity index (χ0v) is 13.8. The normalized spacial score (nSPS) is 21.4. The number of nitrogens with zero attached hydrogens (tertiary/aromatic N) is 2. The molecule has 0 aromatic carbocycles. The number of hydrogen-bond acceptors (Lipinski definition) is 5. The third kappa shape index (κ3) is 3.61. The summed E-state index contributed by atoms with van der Waals surface area (Å²) in [5, 5.41) is 0. The molecular formula is C15H22N2O3S. The Bertz CT molecular complexity index is 558. The fourth-order valence-corrected chi connectivity index (χ4v) is 3.59. The number of aromatic nitrogens is 1. The van der Waals surface area contributed by atoms with Gasteiger partial charge in [-0.05, 0) is 39.8 Å². The van der Waals surface area contributed by atoms with Crippen LogP contribution in [-0.2, 0) is 15.5 Å². The summed E-state index contributed by atoms with van der Waals surface area (Å²) in [5.74, 6) is 0.841. The number of rotatable bonds is 3. The first-order chi connectivity index (χ1) is 9.81. The van der Waals surface area contributed by atoms with Gasteiger partial charge in [-0.2, -0.15) is 0 Å². The van der Waals surface area contributed by atoms with Gasteiger partial charge in [-0.15, -0.1) is 0 Å². The van der Waals surface area contributed by atoms with Crippen molar-refractivity contribution in [1.82, 2.24) is 4.98 Å². The highest BCUT2D eigenvalue weighted by atomic mass is 32.2. The number of pyridine rings is 1. The van der Waals surface area contributed by atoms with Gasteiger partial charge in [0.25, 0.3) is 0 Å². The first-order valence-corrected chi connectivity index (χ1v) is 8.42. The van der Waals surface area contributed by atoms with Gasteiger partial charge in [0.1, 0.15) is 11.4 Å². The van der Waals surface area contributed by atoms with Crippen LogP contribution in [0, 0.1) is 0 Å². The number of anilines is 1. The van der Waals surface area contributed by atoms with Gasteiger partial charge in [0.15, 0.2) is 0 Å². The average Bonchev–Trinajstić information content (AvgIpc) is 2.41. The molecule has 0 spiro atoms. The monoisotopic (exact) mass is 310 g/mol. The van der Waals surface area contributed by atoms with E-state index in [-0.39, 0.29) is 16.8 Å². The van der Waals surface area contributed by atoms with Crippen LogP contribution < -0.4 is 4.90 Å². The predicted molar refractivity (Wildman–Crippen MR) is 84.1 cm³/mol. The van der Waals surface area contributed by atoms with E-state index >= 15 is 0 Å². The highest BCUT2D eigenvalue weighted by Gasteiger charge is 2.35. The van der Waals surface area contributed by atoms with Gasteiger partial charge in [0, 0.05) is 35.8 Å². The molecule has 6 heteroatoms.